The van der Waals surface area contributed by atoms with Gasteiger partial charge in [-0.2, -0.15) is 9.78 Å². The summed E-state index contributed by atoms with van der Waals surface area (Å²) >= 11 is 0. The van der Waals surface area contributed by atoms with E-state index in [-0.39, 0.29) is 5.03 Å². The molecule has 0 radical (unpaired) electrons. The molecule has 0 saturated heterocycles. The van der Waals surface area contributed by atoms with Crippen LogP contribution in [0.5, 0.6) is 0 Å². The van der Waals surface area contributed by atoms with E-state index in [2.05, 4.69) is 41.1 Å². The summed E-state index contributed by atoms with van der Waals surface area (Å²) in [5.74, 6) is -0.404. The Morgan fingerprint density at radius 3 is 2.43 bits per heavy atom. The van der Waals surface area contributed by atoms with Gasteiger partial charge in [-0.05, 0) is 71.3 Å². The molecule has 0 aliphatic carbocycles. The second-order valence-corrected chi connectivity index (χ2v) is 12.3. The normalized spacial score (nSPS) is 12.1. The third-order valence-electron chi connectivity index (χ3n) is 6.91. The summed E-state index contributed by atoms with van der Waals surface area (Å²) in [5.41, 5.74) is 4.96. The third kappa shape index (κ3) is 7.84. The molecule has 2 N–H and O–H groups in total. The molecule has 2 heterocycles. The van der Waals surface area contributed by atoms with Crippen LogP contribution in [0.2, 0.25) is 0 Å². The van der Waals surface area contributed by atoms with E-state index in [4.69, 9.17) is 0 Å². The fourth-order valence-corrected chi connectivity index (χ4v) is 5.47. The lowest BCUT2D eigenvalue weighted by molar-refractivity contribution is -0.117. The molecule has 5 aromatic rings. The molecular formula is C32H30N8O5S. The number of hydrogen-bond donors (Lipinski definition) is 2. The lowest BCUT2D eigenvalue weighted by Crippen LogP contribution is -2.29. The quantitative estimate of drug-likeness (QED) is 0.212. The van der Waals surface area contributed by atoms with Gasteiger partial charge in [-0.3, -0.25) is 10.1 Å². The summed E-state index contributed by atoms with van der Waals surface area (Å²) in [6.45, 7) is 1.94. The van der Waals surface area contributed by atoms with Gasteiger partial charge >= 0.3 is 6.09 Å². The zero-order valence-corrected chi connectivity index (χ0v) is 26.0. The van der Waals surface area contributed by atoms with Crippen LogP contribution in [0, 0.1) is 6.92 Å². The average molecular weight is 639 g/mol. The van der Waals surface area contributed by atoms with Crippen molar-refractivity contribution in [1.29, 1.82) is 0 Å². The first-order chi connectivity index (χ1) is 22.1. The Balaban J connectivity index is 1.49. The van der Waals surface area contributed by atoms with Crippen LogP contribution in [0.15, 0.2) is 96.3 Å². The van der Waals surface area contributed by atoms with E-state index in [0.29, 0.717) is 34.6 Å². The minimum absolute atomic E-state index is 0.218. The van der Waals surface area contributed by atoms with Crippen molar-refractivity contribution >= 4 is 33.6 Å². The van der Waals surface area contributed by atoms with E-state index in [1.54, 1.807) is 36.4 Å². The van der Waals surface area contributed by atoms with Crippen molar-refractivity contribution in [3.05, 3.63) is 114 Å². The standard InChI is InChI=1S/C32H30N8O5S/c1-21-9-15-29(40-20-33-38-39-40)24(17-21)12-16-30(41)35-27(18-22-7-5-4-6-8-22)28-19-26(31(37-36-28)46(3,43)44)23-10-13-25(14-11-23)34-32(42)45-2/h4-17,19-20,27H,18H2,1-3H3,(H,34,42)(H,35,41)/b16-12+/t27-/m0/s1. The number of methoxy groups -OCH3 is 1. The van der Waals surface area contributed by atoms with Gasteiger partial charge in [-0.15, -0.1) is 10.2 Å². The van der Waals surface area contributed by atoms with Crippen LogP contribution in [-0.2, 0) is 25.8 Å². The number of carbonyl (C=O) groups excluding carboxylic acids is 2. The monoisotopic (exact) mass is 638 g/mol. The van der Waals surface area contributed by atoms with Gasteiger partial charge < -0.3 is 10.1 Å². The Kier molecular flexibility index (Phi) is 9.57. The first-order valence-electron chi connectivity index (χ1n) is 14.0. The van der Waals surface area contributed by atoms with E-state index >= 15 is 0 Å². The van der Waals surface area contributed by atoms with Gasteiger partial charge in [0.25, 0.3) is 0 Å². The Bertz CT molecular complexity index is 1980. The van der Waals surface area contributed by atoms with Gasteiger partial charge in [0.1, 0.15) is 6.33 Å². The first-order valence-corrected chi connectivity index (χ1v) is 15.9. The molecule has 3 aromatic carbocycles. The minimum Gasteiger partial charge on any atom is -0.453 e. The van der Waals surface area contributed by atoms with E-state index in [1.807, 2.05) is 55.5 Å². The predicted octanol–water partition coefficient (Wildman–Crippen LogP) is 4.12. The Hall–Kier alpha value is -5.76. The topological polar surface area (TPSA) is 171 Å². The van der Waals surface area contributed by atoms with E-state index in [0.717, 1.165) is 22.9 Å². The maximum atomic E-state index is 13.4. The fraction of sp³-hybridized carbons (Fsp3) is 0.156. The Labute approximate surface area is 265 Å². The van der Waals surface area contributed by atoms with Gasteiger partial charge in [0.15, 0.2) is 14.9 Å². The van der Waals surface area contributed by atoms with Crippen molar-refractivity contribution in [2.24, 2.45) is 0 Å². The SMILES string of the molecule is COC(=O)Nc1ccc(-c2cc([C@H](Cc3ccccc3)NC(=O)/C=C/c3cc(C)ccc3-n3cnnn3)nnc2S(C)(=O)=O)cc1. The van der Waals surface area contributed by atoms with Crippen molar-refractivity contribution in [3.8, 4) is 16.8 Å². The van der Waals surface area contributed by atoms with Crippen LogP contribution < -0.4 is 10.6 Å². The van der Waals surface area contributed by atoms with Crippen LogP contribution in [0.4, 0.5) is 10.5 Å². The fourth-order valence-electron chi connectivity index (χ4n) is 4.70. The number of amides is 2. The summed E-state index contributed by atoms with van der Waals surface area (Å²) < 4.78 is 31.6. The molecular weight excluding hydrogens is 608 g/mol. The second kappa shape index (κ2) is 13.9. The highest BCUT2D eigenvalue weighted by atomic mass is 32.2. The van der Waals surface area contributed by atoms with Crippen LogP contribution >= 0.6 is 0 Å². The molecule has 2 aromatic heterocycles. The number of ether oxygens (including phenoxy) is 1. The highest BCUT2D eigenvalue weighted by Gasteiger charge is 2.23. The number of nitrogens with one attached hydrogen (secondary N) is 2. The molecule has 0 bridgehead atoms. The molecule has 2 amide bonds. The maximum absolute atomic E-state index is 13.4. The summed E-state index contributed by atoms with van der Waals surface area (Å²) in [6.07, 6.45) is 5.32. The highest BCUT2D eigenvalue weighted by molar-refractivity contribution is 7.90. The maximum Gasteiger partial charge on any atom is 0.411 e. The smallest absolute Gasteiger partial charge is 0.411 e. The molecule has 14 heteroatoms. The lowest BCUT2D eigenvalue weighted by Gasteiger charge is -2.19. The van der Waals surface area contributed by atoms with Gasteiger partial charge in [0.2, 0.25) is 5.91 Å². The van der Waals surface area contributed by atoms with Gasteiger partial charge in [-0.1, -0.05) is 54.1 Å². The van der Waals surface area contributed by atoms with Gasteiger partial charge in [0.05, 0.1) is 24.5 Å². The van der Waals surface area contributed by atoms with Crippen molar-refractivity contribution in [2.45, 2.75) is 24.4 Å². The van der Waals surface area contributed by atoms with E-state index < -0.39 is 27.9 Å². The number of aryl methyl sites for hydroxylation is 1. The van der Waals surface area contributed by atoms with Crippen LogP contribution in [0.3, 0.4) is 0 Å². The number of anilines is 1. The van der Waals surface area contributed by atoms with Crippen LogP contribution in [-0.4, -0.2) is 64.2 Å². The zero-order valence-electron chi connectivity index (χ0n) is 25.2. The summed E-state index contributed by atoms with van der Waals surface area (Å²) in [5, 5.41) is 25.1. The lowest BCUT2D eigenvalue weighted by atomic mass is 10.00. The molecule has 0 fully saturated rings. The van der Waals surface area contributed by atoms with E-state index in [1.165, 1.54) is 24.2 Å². The summed E-state index contributed by atoms with van der Waals surface area (Å²) in [7, 11) is -2.53. The van der Waals surface area contributed by atoms with Crippen molar-refractivity contribution in [1.82, 2.24) is 35.7 Å². The number of rotatable bonds is 10. The molecule has 1 atom stereocenters. The Morgan fingerprint density at radius 2 is 1.76 bits per heavy atom. The largest absolute Gasteiger partial charge is 0.453 e. The molecule has 0 aliphatic heterocycles. The molecule has 234 valence electrons. The zero-order chi connectivity index (χ0) is 32.7. The van der Waals surface area contributed by atoms with Crippen LogP contribution in [0.1, 0.15) is 28.4 Å². The minimum atomic E-state index is -3.78. The number of aromatic nitrogens is 6. The van der Waals surface area contributed by atoms with Gasteiger partial charge in [0, 0.05) is 29.1 Å². The molecule has 13 nitrogen and oxygen atoms in total. The second-order valence-electron chi connectivity index (χ2n) is 10.4. The average Bonchev–Trinajstić information content (AvgIpc) is 3.58. The number of tetrazole rings is 1. The van der Waals surface area contributed by atoms with Crippen molar-refractivity contribution < 1.29 is 22.7 Å². The number of benzene rings is 3. The molecule has 0 unspecified atom stereocenters. The number of hydrogen-bond acceptors (Lipinski definition) is 10. The van der Waals surface area contributed by atoms with Gasteiger partial charge in [-0.25, -0.2) is 13.2 Å². The number of sulfone groups is 1. The molecule has 0 spiro atoms. The first kappa shape index (κ1) is 31.7. The molecule has 0 aliphatic rings. The number of nitrogens with zero attached hydrogens (tertiary/aromatic N) is 6. The Morgan fingerprint density at radius 1 is 1.00 bits per heavy atom. The number of carbonyl (C=O) groups is 2. The molecule has 0 saturated carbocycles. The summed E-state index contributed by atoms with van der Waals surface area (Å²) in [4.78, 5) is 25.0. The van der Waals surface area contributed by atoms with E-state index in [9.17, 15) is 18.0 Å². The molecule has 5 rings (SSSR count). The van der Waals surface area contributed by atoms with Crippen molar-refractivity contribution in [3.63, 3.8) is 0 Å². The highest BCUT2D eigenvalue weighted by Crippen LogP contribution is 2.30. The van der Waals surface area contributed by atoms with Crippen LogP contribution in [0.25, 0.3) is 22.9 Å². The van der Waals surface area contributed by atoms with Crippen molar-refractivity contribution in [2.75, 3.05) is 18.7 Å². The predicted molar refractivity (Wildman–Crippen MR) is 171 cm³/mol. The third-order valence-corrected chi connectivity index (χ3v) is 7.91. The summed E-state index contributed by atoms with van der Waals surface area (Å²) in [6, 6.07) is 22.7. The molecule has 46 heavy (non-hydrogen) atoms.